The summed E-state index contributed by atoms with van der Waals surface area (Å²) in [5.41, 5.74) is -16.3. The van der Waals surface area contributed by atoms with Crippen molar-refractivity contribution in [2.75, 3.05) is 0 Å². The second-order valence-electron chi connectivity index (χ2n) is 11.2. The molecule has 0 saturated carbocycles. The van der Waals surface area contributed by atoms with Gasteiger partial charge in [0.2, 0.25) is 11.4 Å². The van der Waals surface area contributed by atoms with Crippen molar-refractivity contribution in [1.82, 2.24) is 0 Å². The van der Waals surface area contributed by atoms with Gasteiger partial charge in [-0.25, -0.2) is 31.5 Å². The molecule has 4 nitrogen and oxygen atoms in total. The zero-order valence-electron chi connectivity index (χ0n) is 28.2. The van der Waals surface area contributed by atoms with E-state index in [0.29, 0.717) is 13.0 Å². The molecule has 0 spiro atoms. The van der Waals surface area contributed by atoms with Crippen LogP contribution in [0.3, 0.4) is 0 Å². The minimum atomic E-state index is -9.10. The molecule has 0 fully saturated rings. The fourth-order valence-corrected chi connectivity index (χ4v) is 5.76. The lowest BCUT2D eigenvalue weighted by molar-refractivity contribution is -0.464. The van der Waals surface area contributed by atoms with Gasteiger partial charge in [-0.1, -0.05) is 71.2 Å². The third kappa shape index (κ3) is 8.61. The van der Waals surface area contributed by atoms with Crippen LogP contribution in [-0.4, -0.2) is 60.1 Å². The number of carbonyl (C=O) groups is 2. The van der Waals surface area contributed by atoms with Crippen molar-refractivity contribution in [1.29, 1.82) is 0 Å². The first-order chi connectivity index (χ1) is 27.3. The van der Waals surface area contributed by atoms with Crippen LogP contribution in [0.4, 0.5) is 105 Å². The maximum Gasteiger partial charge on any atom is 0.460 e. The Kier molecular flexibility index (Phi) is 16.0. The summed E-state index contributed by atoms with van der Waals surface area (Å²) < 4.78 is 333. The molecule has 0 heterocycles. The summed E-state index contributed by atoms with van der Waals surface area (Å²) in [4.78, 5) is 22.6. The van der Waals surface area contributed by atoms with Crippen LogP contribution in [0, 0.1) is 29.1 Å². The molecule has 62 heavy (non-hydrogen) atoms. The maximum atomic E-state index is 14.8. The third-order valence-corrected chi connectivity index (χ3v) is 9.73. The number of benzene rings is 2. The van der Waals surface area contributed by atoms with Crippen molar-refractivity contribution in [3.8, 4) is 0 Å². The Labute approximate surface area is 350 Å². The van der Waals surface area contributed by atoms with Crippen LogP contribution < -0.4 is 0 Å². The Morgan fingerprint density at radius 3 is 1.02 bits per heavy atom. The summed E-state index contributed by atoms with van der Waals surface area (Å²) in [6, 6.07) is 0. The van der Waals surface area contributed by atoms with Gasteiger partial charge in [0.15, 0.2) is 23.3 Å². The Bertz CT molecular complexity index is 2060. The van der Waals surface area contributed by atoms with E-state index in [1.54, 1.807) is 0 Å². The number of esters is 2. The highest BCUT2D eigenvalue weighted by Gasteiger charge is 2.96. The van der Waals surface area contributed by atoms with Crippen LogP contribution in [0.1, 0.15) is 18.1 Å². The first-order valence-corrected chi connectivity index (χ1v) is 16.0. The Morgan fingerprint density at radius 1 is 0.419 bits per heavy atom. The SMILES string of the molecule is C=CC(=O)OC(C)(c1c(Cl)c(Cl)c(Cl)c(Cl)c1Cl)C(F)(F)F.C=CC(=O)OC(c1c(F)c(F)c(F)c(F)c1F)(C(F)(F)F)C(F)(F)C(F)(F)C(F)(F)C(F)(F)C(F)(F)C(F)(F)F. The monoisotopic (exact) mass is 1050 g/mol. The topological polar surface area (TPSA) is 52.6 Å². The smallest absolute Gasteiger partial charge is 0.441 e. The van der Waals surface area contributed by atoms with Crippen LogP contribution >= 0.6 is 58.0 Å². The van der Waals surface area contributed by atoms with Gasteiger partial charge in [-0.15, -0.1) is 0 Å². The normalized spacial score (nSPS) is 15.5. The number of carbonyl (C=O) groups excluding carboxylic acids is 2. The Balaban J connectivity index is 0.000000734. The van der Waals surface area contributed by atoms with E-state index in [9.17, 15) is 115 Å². The highest BCUT2D eigenvalue weighted by molar-refractivity contribution is 6.55. The summed E-state index contributed by atoms with van der Waals surface area (Å²) in [5, 5.41) is -2.46. The standard InChI is InChI=1S/C17H3F21O2.C12H6Cl5F3O2/c1-2-3(39)40-10(16(33,34)35,4-5(18)7(20)9(22)8(21)6(4)19)11(23,24)12(25,26)13(27,28)14(29,30)15(31,32)17(36,37)38;1-3-4(21)22-11(2,12(18,19)20)5-6(13)8(15)10(17)9(16)7(5)14/h2H,1H2;3H,1H2,2H3. The zero-order valence-corrected chi connectivity index (χ0v) is 31.9. The van der Waals surface area contributed by atoms with Crippen molar-refractivity contribution in [2.24, 2.45) is 0 Å². The van der Waals surface area contributed by atoms with Crippen LogP contribution in [0.15, 0.2) is 25.3 Å². The molecule has 2 atom stereocenters. The van der Waals surface area contributed by atoms with Crippen LogP contribution in [-0.2, 0) is 30.3 Å². The molecular weight excluding hydrogens is 1050 g/mol. The largest absolute Gasteiger partial charge is 0.460 e. The van der Waals surface area contributed by atoms with Gasteiger partial charge in [-0.3, -0.25) is 0 Å². The molecule has 2 unspecified atom stereocenters. The number of hydrogen-bond donors (Lipinski definition) is 0. The molecule has 0 aliphatic heterocycles. The van der Waals surface area contributed by atoms with E-state index in [1.165, 1.54) is 0 Å². The number of rotatable bonds is 11. The first-order valence-electron chi connectivity index (χ1n) is 14.1. The fraction of sp³-hybridized carbons (Fsp3) is 0.379. The van der Waals surface area contributed by atoms with Crippen molar-refractivity contribution < 1.29 is 124 Å². The minimum absolute atomic E-state index is 0.318. The van der Waals surface area contributed by atoms with Gasteiger partial charge in [-0.05, 0) is 6.92 Å². The van der Waals surface area contributed by atoms with E-state index in [0.717, 1.165) is 0 Å². The summed E-state index contributed by atoms with van der Waals surface area (Å²) >= 11 is 28.9. The molecule has 33 heteroatoms. The van der Waals surface area contributed by atoms with Crippen LogP contribution in [0.2, 0.25) is 25.1 Å². The number of hydrogen-bond acceptors (Lipinski definition) is 4. The van der Waals surface area contributed by atoms with Gasteiger partial charge in [0.1, 0.15) is 0 Å². The Hall–Kier alpha value is -3.37. The molecule has 0 N–H and O–H groups in total. The van der Waals surface area contributed by atoms with Gasteiger partial charge in [-0.2, -0.15) is 83.4 Å². The quantitative estimate of drug-likeness (QED) is 0.0740. The van der Waals surface area contributed by atoms with E-state index in [1.807, 2.05) is 0 Å². The molecule has 0 aliphatic rings. The number of ether oxygens (including phenoxy) is 2. The molecule has 2 aromatic carbocycles. The molecule has 0 radical (unpaired) electrons. The average molecular weight is 1050 g/mol. The van der Waals surface area contributed by atoms with Crippen LogP contribution in [0.5, 0.6) is 0 Å². The summed E-state index contributed by atoms with van der Waals surface area (Å²) in [6.07, 6.45) is -21.5. The molecule has 2 aromatic rings. The van der Waals surface area contributed by atoms with Gasteiger partial charge < -0.3 is 9.47 Å². The minimum Gasteiger partial charge on any atom is -0.441 e. The summed E-state index contributed by atoms with van der Waals surface area (Å²) in [5.74, 6) is -68.8. The molecule has 352 valence electrons. The lowest BCUT2D eigenvalue weighted by Gasteiger charge is -2.46. The molecular formula is C29H9Cl5F24O4. The highest BCUT2D eigenvalue weighted by atomic mass is 35.5. The third-order valence-electron chi connectivity index (χ3n) is 7.46. The number of alkyl halides is 19. The van der Waals surface area contributed by atoms with E-state index < -0.39 is 138 Å². The van der Waals surface area contributed by atoms with Crippen molar-refractivity contribution in [3.05, 3.63) is 90.6 Å². The second-order valence-corrected chi connectivity index (χ2v) is 13.1. The zero-order chi connectivity index (χ0) is 49.9. The van der Waals surface area contributed by atoms with Gasteiger partial charge in [0, 0.05) is 17.7 Å². The van der Waals surface area contributed by atoms with Crippen molar-refractivity contribution in [2.45, 2.75) is 66.3 Å². The maximum absolute atomic E-state index is 14.8. The number of halogens is 29. The Morgan fingerprint density at radius 2 is 0.710 bits per heavy atom. The molecule has 0 aromatic heterocycles. The van der Waals surface area contributed by atoms with Gasteiger partial charge >= 0.3 is 65.7 Å². The fourth-order valence-electron chi connectivity index (χ4n) is 4.26. The highest BCUT2D eigenvalue weighted by Crippen LogP contribution is 2.66. The van der Waals surface area contributed by atoms with Gasteiger partial charge in [0.05, 0.1) is 30.7 Å². The van der Waals surface area contributed by atoms with Gasteiger partial charge in [0.25, 0.3) is 0 Å². The molecule has 0 saturated heterocycles. The van der Waals surface area contributed by atoms with E-state index >= 15 is 0 Å². The molecule has 0 bridgehead atoms. The molecule has 2 rings (SSSR count). The lowest BCUT2D eigenvalue weighted by Crippen LogP contribution is -2.75. The predicted molar refractivity (Wildman–Crippen MR) is 162 cm³/mol. The first kappa shape index (κ1) is 56.6. The van der Waals surface area contributed by atoms with Crippen molar-refractivity contribution in [3.63, 3.8) is 0 Å². The second kappa shape index (κ2) is 17.5. The average Bonchev–Trinajstić information content (AvgIpc) is 3.12. The molecule has 0 amide bonds. The molecule has 0 aliphatic carbocycles. The van der Waals surface area contributed by atoms with E-state index in [4.69, 9.17) is 58.0 Å². The van der Waals surface area contributed by atoms with E-state index in [-0.39, 0.29) is 5.02 Å². The van der Waals surface area contributed by atoms with Crippen LogP contribution in [0.25, 0.3) is 0 Å². The lowest BCUT2D eigenvalue weighted by atomic mass is 9.78. The summed E-state index contributed by atoms with van der Waals surface area (Å²) in [7, 11) is 0. The van der Waals surface area contributed by atoms with Crippen molar-refractivity contribution >= 4 is 69.9 Å². The van der Waals surface area contributed by atoms with E-state index in [2.05, 4.69) is 22.6 Å². The summed E-state index contributed by atoms with van der Waals surface area (Å²) in [6.45, 7) is 5.73. The predicted octanol–water partition coefficient (Wildman–Crippen LogP) is 14.1.